The van der Waals surface area contributed by atoms with E-state index in [1.165, 1.54) is 18.5 Å². The van der Waals surface area contributed by atoms with E-state index in [-0.39, 0.29) is 24.2 Å². The number of benzene rings is 1. The summed E-state index contributed by atoms with van der Waals surface area (Å²) in [5.74, 6) is 0.331. The summed E-state index contributed by atoms with van der Waals surface area (Å²) < 4.78 is 40.0. The summed E-state index contributed by atoms with van der Waals surface area (Å²) in [4.78, 5) is 7.93. The van der Waals surface area contributed by atoms with Crippen molar-refractivity contribution < 1.29 is 13.2 Å². The lowest BCUT2D eigenvalue weighted by molar-refractivity contribution is 0.0668. The maximum atomic E-state index is 13.7. The predicted molar refractivity (Wildman–Crippen MR) is 86.4 cm³/mol. The third kappa shape index (κ3) is 4.27. The van der Waals surface area contributed by atoms with Gasteiger partial charge in [0.15, 0.2) is 5.96 Å². The van der Waals surface area contributed by atoms with E-state index < -0.39 is 6.55 Å². The fourth-order valence-electron chi connectivity index (χ4n) is 2.18. The van der Waals surface area contributed by atoms with Crippen molar-refractivity contribution in [1.29, 1.82) is 0 Å². The Labute approximate surface area is 138 Å². The van der Waals surface area contributed by atoms with Crippen molar-refractivity contribution in [2.24, 2.45) is 4.99 Å². The monoisotopic (exact) mass is 339 g/mol. The molecule has 1 unspecified atom stereocenters. The summed E-state index contributed by atoms with van der Waals surface area (Å²) in [5.41, 5.74) is 1.34. The average Bonchev–Trinajstić information content (AvgIpc) is 3.02. The van der Waals surface area contributed by atoms with Crippen LogP contribution in [-0.4, -0.2) is 22.6 Å². The van der Waals surface area contributed by atoms with E-state index in [1.807, 2.05) is 13.0 Å². The standard InChI is InChI=1S/C16H20F3N5/c1-10-4-5-12(8-13(10)17)11(2)23-16(20-3)22-9-14-21-6-7-24(14)15(18)19/h4-8,11,15H,9H2,1-3H3,(H2,20,22,23). The van der Waals surface area contributed by atoms with Gasteiger partial charge in [0.25, 0.3) is 0 Å². The molecular weight excluding hydrogens is 319 g/mol. The highest BCUT2D eigenvalue weighted by Gasteiger charge is 2.13. The van der Waals surface area contributed by atoms with Crippen LogP contribution in [0.4, 0.5) is 13.2 Å². The average molecular weight is 339 g/mol. The van der Waals surface area contributed by atoms with Gasteiger partial charge in [0.1, 0.15) is 11.6 Å². The maximum Gasteiger partial charge on any atom is 0.319 e. The number of imidazole rings is 1. The zero-order valence-corrected chi connectivity index (χ0v) is 13.7. The van der Waals surface area contributed by atoms with Crippen LogP contribution in [0.3, 0.4) is 0 Å². The van der Waals surface area contributed by atoms with Crippen LogP contribution in [0.1, 0.15) is 36.5 Å². The largest absolute Gasteiger partial charge is 0.350 e. The lowest BCUT2D eigenvalue weighted by Gasteiger charge is -2.19. The first kappa shape index (κ1) is 17.8. The van der Waals surface area contributed by atoms with Gasteiger partial charge in [-0.1, -0.05) is 12.1 Å². The second-order valence-electron chi connectivity index (χ2n) is 5.33. The highest BCUT2D eigenvalue weighted by atomic mass is 19.3. The van der Waals surface area contributed by atoms with Crippen LogP contribution < -0.4 is 10.6 Å². The number of guanidine groups is 1. The number of aryl methyl sites for hydroxylation is 1. The van der Waals surface area contributed by atoms with Crippen LogP contribution in [0.25, 0.3) is 0 Å². The van der Waals surface area contributed by atoms with Crippen LogP contribution in [0.2, 0.25) is 0 Å². The van der Waals surface area contributed by atoms with Gasteiger partial charge in [-0.2, -0.15) is 8.78 Å². The SMILES string of the molecule is CN=C(NCc1nccn1C(F)F)NC(C)c1ccc(C)c(F)c1. The van der Waals surface area contributed by atoms with Crippen molar-refractivity contribution in [3.05, 3.63) is 53.4 Å². The van der Waals surface area contributed by atoms with Gasteiger partial charge in [-0.15, -0.1) is 0 Å². The van der Waals surface area contributed by atoms with Crippen molar-refractivity contribution >= 4 is 5.96 Å². The molecule has 0 aliphatic heterocycles. The maximum absolute atomic E-state index is 13.7. The summed E-state index contributed by atoms with van der Waals surface area (Å²) >= 11 is 0. The number of aromatic nitrogens is 2. The number of nitrogens with one attached hydrogen (secondary N) is 2. The number of halogens is 3. The third-order valence-electron chi connectivity index (χ3n) is 3.65. The van der Waals surface area contributed by atoms with E-state index in [0.29, 0.717) is 11.5 Å². The molecule has 1 atom stereocenters. The van der Waals surface area contributed by atoms with Crippen LogP contribution in [-0.2, 0) is 6.54 Å². The summed E-state index contributed by atoms with van der Waals surface area (Å²) in [6, 6.07) is 4.79. The molecule has 1 heterocycles. The van der Waals surface area contributed by atoms with Crippen molar-refractivity contribution in [1.82, 2.24) is 20.2 Å². The zero-order valence-electron chi connectivity index (χ0n) is 13.7. The fraction of sp³-hybridized carbons (Fsp3) is 0.375. The molecule has 1 aromatic heterocycles. The number of hydrogen-bond donors (Lipinski definition) is 2. The molecule has 2 N–H and O–H groups in total. The molecule has 2 rings (SSSR count). The molecular formula is C16H20F3N5. The fourth-order valence-corrected chi connectivity index (χ4v) is 2.18. The van der Waals surface area contributed by atoms with Crippen molar-refractivity contribution in [3.8, 4) is 0 Å². The molecule has 0 saturated heterocycles. The molecule has 0 amide bonds. The highest BCUT2D eigenvalue weighted by Crippen LogP contribution is 2.16. The van der Waals surface area contributed by atoms with E-state index in [4.69, 9.17) is 0 Å². The Morgan fingerprint density at radius 2 is 2.12 bits per heavy atom. The molecule has 130 valence electrons. The molecule has 8 heteroatoms. The molecule has 24 heavy (non-hydrogen) atoms. The topological polar surface area (TPSA) is 54.2 Å². The highest BCUT2D eigenvalue weighted by molar-refractivity contribution is 5.80. The van der Waals surface area contributed by atoms with Crippen LogP contribution in [0, 0.1) is 12.7 Å². The van der Waals surface area contributed by atoms with E-state index >= 15 is 0 Å². The van der Waals surface area contributed by atoms with Crippen LogP contribution >= 0.6 is 0 Å². The van der Waals surface area contributed by atoms with Gasteiger partial charge >= 0.3 is 6.55 Å². The molecule has 0 bridgehead atoms. The minimum atomic E-state index is -2.64. The smallest absolute Gasteiger partial charge is 0.319 e. The van der Waals surface area contributed by atoms with Crippen molar-refractivity contribution in [2.45, 2.75) is 33.0 Å². The van der Waals surface area contributed by atoms with Gasteiger partial charge in [-0.25, -0.2) is 9.37 Å². The number of alkyl halides is 2. The molecule has 2 aromatic rings. The lowest BCUT2D eigenvalue weighted by atomic mass is 10.1. The van der Waals surface area contributed by atoms with Gasteiger partial charge < -0.3 is 10.6 Å². The number of rotatable bonds is 5. The molecule has 0 aliphatic rings. The van der Waals surface area contributed by atoms with Crippen molar-refractivity contribution in [2.75, 3.05) is 7.05 Å². The molecule has 5 nitrogen and oxygen atoms in total. The Morgan fingerprint density at radius 1 is 1.38 bits per heavy atom. The molecule has 0 spiro atoms. The minimum absolute atomic E-state index is 0.0893. The Morgan fingerprint density at radius 3 is 2.75 bits per heavy atom. The number of aliphatic imine (C=N–C) groups is 1. The molecule has 0 fully saturated rings. The van der Waals surface area contributed by atoms with Gasteiger partial charge in [0, 0.05) is 19.4 Å². The zero-order chi connectivity index (χ0) is 17.7. The quantitative estimate of drug-likeness (QED) is 0.650. The van der Waals surface area contributed by atoms with Gasteiger partial charge in [0.2, 0.25) is 0 Å². The Bertz CT molecular complexity index is 711. The minimum Gasteiger partial charge on any atom is -0.350 e. The first-order valence-corrected chi connectivity index (χ1v) is 7.45. The summed E-state index contributed by atoms with van der Waals surface area (Å²) in [7, 11) is 1.57. The second-order valence-corrected chi connectivity index (χ2v) is 5.33. The van der Waals surface area contributed by atoms with Crippen LogP contribution in [0.5, 0.6) is 0 Å². The van der Waals surface area contributed by atoms with E-state index in [1.54, 1.807) is 20.0 Å². The molecule has 1 aromatic carbocycles. The molecule has 0 saturated carbocycles. The van der Waals surface area contributed by atoms with E-state index in [9.17, 15) is 13.2 Å². The Balaban J connectivity index is 1.99. The van der Waals surface area contributed by atoms with E-state index in [2.05, 4.69) is 20.6 Å². The Hall–Kier alpha value is -2.51. The van der Waals surface area contributed by atoms with E-state index in [0.717, 1.165) is 10.1 Å². The summed E-state index contributed by atoms with van der Waals surface area (Å²) in [6.45, 7) is 1.00. The van der Waals surface area contributed by atoms with Crippen LogP contribution in [0.15, 0.2) is 35.6 Å². The molecule has 0 aliphatic carbocycles. The van der Waals surface area contributed by atoms with Gasteiger partial charge in [0.05, 0.1) is 12.6 Å². The molecule has 0 radical (unpaired) electrons. The van der Waals surface area contributed by atoms with Gasteiger partial charge in [-0.05, 0) is 31.0 Å². The normalized spacial score (nSPS) is 13.2. The third-order valence-corrected chi connectivity index (χ3v) is 3.65. The first-order valence-electron chi connectivity index (χ1n) is 7.45. The summed E-state index contributed by atoms with van der Waals surface area (Å²) in [5, 5.41) is 6.01. The first-order chi connectivity index (χ1) is 11.4. The Kier molecular flexibility index (Phi) is 5.83. The summed E-state index contributed by atoms with van der Waals surface area (Å²) in [6.07, 6.45) is 2.53. The van der Waals surface area contributed by atoms with Gasteiger partial charge in [-0.3, -0.25) is 9.56 Å². The predicted octanol–water partition coefficient (Wildman–Crippen LogP) is 3.15. The lowest BCUT2D eigenvalue weighted by Crippen LogP contribution is -2.38. The number of nitrogens with zero attached hydrogens (tertiary/aromatic N) is 3. The second kappa shape index (κ2) is 7.85. The number of hydrogen-bond acceptors (Lipinski definition) is 2. The van der Waals surface area contributed by atoms with Crippen molar-refractivity contribution in [3.63, 3.8) is 0 Å².